The lowest BCUT2D eigenvalue weighted by atomic mass is 10.4. The van der Waals surface area contributed by atoms with Crippen LogP contribution in [0.5, 0.6) is 0 Å². The first-order valence-electron chi connectivity index (χ1n) is 5.77. The van der Waals surface area contributed by atoms with Crippen LogP contribution in [0.2, 0.25) is 0 Å². The minimum atomic E-state index is -0.123. The van der Waals surface area contributed by atoms with Gasteiger partial charge in [-0.15, -0.1) is 11.8 Å². The maximum atomic E-state index is 11.9. The second-order valence-electron chi connectivity index (χ2n) is 3.87. The Balaban J connectivity index is 1.82. The smallest absolute Gasteiger partial charge is 0.233 e. The van der Waals surface area contributed by atoms with Crippen LogP contribution in [0.15, 0.2) is 58.0 Å². The van der Waals surface area contributed by atoms with E-state index in [-0.39, 0.29) is 11.2 Å². The summed E-state index contributed by atoms with van der Waals surface area (Å²) in [5.74, 6) is 0.778. The number of thioether (sulfide) groups is 1. The molecular formula is C14H15NO2S. The van der Waals surface area contributed by atoms with Crippen molar-refractivity contribution in [3.63, 3.8) is 0 Å². The lowest BCUT2D eigenvalue weighted by Crippen LogP contribution is -2.30. The summed E-state index contributed by atoms with van der Waals surface area (Å²) in [5.41, 5.74) is 0. The molecule has 1 aromatic heterocycles. The van der Waals surface area contributed by atoms with Crippen molar-refractivity contribution in [2.75, 3.05) is 0 Å². The molecule has 0 aliphatic rings. The highest BCUT2D eigenvalue weighted by Gasteiger charge is 2.14. The van der Waals surface area contributed by atoms with E-state index < -0.39 is 0 Å². The zero-order valence-electron chi connectivity index (χ0n) is 10.1. The Kier molecular flexibility index (Phi) is 4.47. The summed E-state index contributed by atoms with van der Waals surface area (Å²) in [4.78, 5) is 13.0. The molecule has 1 atom stereocenters. The first kappa shape index (κ1) is 12.8. The summed E-state index contributed by atoms with van der Waals surface area (Å²) in [5, 5.41) is 2.73. The predicted octanol–water partition coefficient (Wildman–Crippen LogP) is 3.08. The van der Waals surface area contributed by atoms with Gasteiger partial charge in [0, 0.05) is 4.90 Å². The van der Waals surface area contributed by atoms with Crippen LogP contribution >= 0.6 is 11.8 Å². The minimum Gasteiger partial charge on any atom is -0.467 e. The Labute approximate surface area is 111 Å². The van der Waals surface area contributed by atoms with Crippen molar-refractivity contribution in [2.45, 2.75) is 23.6 Å². The molecule has 0 aliphatic heterocycles. The molecule has 3 nitrogen and oxygen atoms in total. The van der Waals surface area contributed by atoms with Crippen LogP contribution in [0, 0.1) is 0 Å². The molecule has 0 aliphatic carbocycles. The third-order valence-corrected chi connectivity index (χ3v) is 3.55. The molecular weight excluding hydrogens is 246 g/mol. The third-order valence-electron chi connectivity index (χ3n) is 2.44. The van der Waals surface area contributed by atoms with Crippen LogP contribution in [-0.4, -0.2) is 11.2 Å². The Bertz CT molecular complexity index is 482. The van der Waals surface area contributed by atoms with Gasteiger partial charge in [-0.1, -0.05) is 18.2 Å². The molecule has 18 heavy (non-hydrogen) atoms. The molecule has 1 heterocycles. The molecule has 1 aromatic carbocycles. The first-order valence-corrected chi connectivity index (χ1v) is 6.65. The summed E-state index contributed by atoms with van der Waals surface area (Å²) in [7, 11) is 0. The van der Waals surface area contributed by atoms with E-state index >= 15 is 0 Å². The maximum absolute atomic E-state index is 11.9. The van der Waals surface area contributed by atoms with Gasteiger partial charge >= 0.3 is 0 Å². The van der Waals surface area contributed by atoms with Gasteiger partial charge < -0.3 is 9.73 Å². The van der Waals surface area contributed by atoms with Gasteiger partial charge in [0.1, 0.15) is 5.76 Å². The second-order valence-corrected chi connectivity index (χ2v) is 5.28. The number of hydrogen-bond donors (Lipinski definition) is 1. The molecule has 0 bridgehead atoms. The number of nitrogens with one attached hydrogen (secondary N) is 1. The zero-order chi connectivity index (χ0) is 12.8. The lowest BCUT2D eigenvalue weighted by molar-refractivity contribution is -0.120. The standard InChI is InChI=1S/C14H15NO2S/c1-11(18-13-7-3-2-4-8-13)14(16)15-10-12-6-5-9-17-12/h2-9,11H,10H2,1H3,(H,15,16)/t11-/m1/s1. The second kappa shape index (κ2) is 6.31. The van der Waals surface area contributed by atoms with E-state index in [1.165, 1.54) is 0 Å². The van der Waals surface area contributed by atoms with Crippen molar-refractivity contribution in [3.05, 3.63) is 54.5 Å². The number of hydrogen-bond acceptors (Lipinski definition) is 3. The van der Waals surface area contributed by atoms with Gasteiger partial charge in [-0.2, -0.15) is 0 Å². The predicted molar refractivity (Wildman–Crippen MR) is 72.3 cm³/mol. The van der Waals surface area contributed by atoms with Crippen molar-refractivity contribution >= 4 is 17.7 Å². The largest absolute Gasteiger partial charge is 0.467 e. The van der Waals surface area contributed by atoms with E-state index in [2.05, 4.69) is 5.32 Å². The number of amides is 1. The molecule has 94 valence electrons. The topological polar surface area (TPSA) is 42.2 Å². The first-order chi connectivity index (χ1) is 8.75. The monoisotopic (exact) mass is 261 g/mol. The fourth-order valence-electron chi connectivity index (χ4n) is 1.49. The molecule has 2 rings (SSSR count). The average molecular weight is 261 g/mol. The molecule has 1 amide bonds. The van der Waals surface area contributed by atoms with Crippen molar-refractivity contribution in [2.24, 2.45) is 0 Å². The van der Waals surface area contributed by atoms with Crippen LogP contribution in [0.25, 0.3) is 0 Å². The van der Waals surface area contributed by atoms with Crippen LogP contribution < -0.4 is 5.32 Å². The summed E-state index contributed by atoms with van der Waals surface area (Å²) in [6, 6.07) is 13.6. The molecule has 0 spiro atoms. The van der Waals surface area contributed by atoms with Crippen LogP contribution in [0.1, 0.15) is 12.7 Å². The van der Waals surface area contributed by atoms with Crippen molar-refractivity contribution in [1.82, 2.24) is 5.32 Å². The minimum absolute atomic E-state index is 0.0141. The third kappa shape index (κ3) is 3.67. The van der Waals surface area contributed by atoms with Crippen molar-refractivity contribution in [3.8, 4) is 0 Å². The van der Waals surface area contributed by atoms with E-state index in [9.17, 15) is 4.79 Å². The van der Waals surface area contributed by atoms with Gasteiger partial charge in [-0.25, -0.2) is 0 Å². The number of carbonyl (C=O) groups excluding carboxylic acids is 1. The Morgan fingerprint density at radius 1 is 1.28 bits per heavy atom. The zero-order valence-corrected chi connectivity index (χ0v) is 10.9. The van der Waals surface area contributed by atoms with E-state index in [1.807, 2.05) is 49.4 Å². The Hall–Kier alpha value is -1.68. The SMILES string of the molecule is C[C@@H](Sc1ccccc1)C(=O)NCc1ccco1. The highest BCUT2D eigenvalue weighted by atomic mass is 32.2. The molecule has 0 saturated carbocycles. The van der Waals surface area contributed by atoms with E-state index in [4.69, 9.17) is 4.42 Å². The lowest BCUT2D eigenvalue weighted by Gasteiger charge is -2.11. The Morgan fingerprint density at radius 3 is 2.72 bits per heavy atom. The summed E-state index contributed by atoms with van der Waals surface area (Å²) in [6.45, 7) is 2.33. The van der Waals surface area contributed by atoms with Crippen LogP contribution in [0.3, 0.4) is 0 Å². The average Bonchev–Trinajstić information content (AvgIpc) is 2.90. The van der Waals surface area contributed by atoms with Gasteiger partial charge in [0.15, 0.2) is 0 Å². The van der Waals surface area contributed by atoms with Crippen LogP contribution in [-0.2, 0) is 11.3 Å². The molecule has 2 aromatic rings. The summed E-state index contributed by atoms with van der Waals surface area (Å²) in [6.07, 6.45) is 1.60. The van der Waals surface area contributed by atoms with Crippen molar-refractivity contribution < 1.29 is 9.21 Å². The van der Waals surface area contributed by atoms with Crippen molar-refractivity contribution in [1.29, 1.82) is 0 Å². The van der Waals surface area contributed by atoms with Gasteiger partial charge in [0.2, 0.25) is 5.91 Å². The number of benzene rings is 1. The number of carbonyl (C=O) groups is 1. The molecule has 0 fully saturated rings. The molecule has 0 unspecified atom stereocenters. The summed E-state index contributed by atoms with van der Waals surface area (Å²) < 4.78 is 5.16. The number of rotatable bonds is 5. The van der Waals surface area contributed by atoms with E-state index in [0.717, 1.165) is 10.7 Å². The van der Waals surface area contributed by atoms with Gasteiger partial charge in [0.05, 0.1) is 18.1 Å². The normalized spacial score (nSPS) is 12.1. The molecule has 0 saturated heterocycles. The Morgan fingerprint density at radius 2 is 2.06 bits per heavy atom. The highest BCUT2D eigenvalue weighted by Crippen LogP contribution is 2.22. The fourth-order valence-corrected chi connectivity index (χ4v) is 2.40. The maximum Gasteiger partial charge on any atom is 0.233 e. The molecule has 4 heteroatoms. The van der Waals surface area contributed by atoms with E-state index in [1.54, 1.807) is 18.0 Å². The van der Waals surface area contributed by atoms with Gasteiger partial charge in [-0.3, -0.25) is 4.79 Å². The molecule has 1 N–H and O–H groups in total. The summed E-state index contributed by atoms with van der Waals surface area (Å²) >= 11 is 1.55. The van der Waals surface area contributed by atoms with Gasteiger partial charge in [-0.05, 0) is 31.2 Å². The highest BCUT2D eigenvalue weighted by molar-refractivity contribution is 8.00. The number of furan rings is 1. The molecule has 0 radical (unpaired) electrons. The van der Waals surface area contributed by atoms with Gasteiger partial charge in [0.25, 0.3) is 0 Å². The quantitative estimate of drug-likeness (QED) is 0.841. The van der Waals surface area contributed by atoms with Crippen LogP contribution in [0.4, 0.5) is 0 Å². The van der Waals surface area contributed by atoms with E-state index in [0.29, 0.717) is 6.54 Å². The fraction of sp³-hybridized carbons (Fsp3) is 0.214.